The number of rotatable bonds is 8. The molecule has 0 amide bonds. The van der Waals surface area contributed by atoms with Crippen molar-refractivity contribution in [1.29, 1.82) is 0 Å². The second kappa shape index (κ2) is 10.9. The molecule has 0 bridgehead atoms. The second-order valence-electron chi connectivity index (χ2n) is 7.94. The van der Waals surface area contributed by atoms with Crippen LogP contribution in [-0.2, 0) is 13.1 Å². The van der Waals surface area contributed by atoms with Crippen LogP contribution in [0.25, 0.3) is 10.9 Å². The van der Waals surface area contributed by atoms with Crippen LogP contribution >= 0.6 is 12.2 Å². The van der Waals surface area contributed by atoms with Gasteiger partial charge in [-0.15, -0.1) is 0 Å². The van der Waals surface area contributed by atoms with E-state index in [9.17, 15) is 4.79 Å². The SMILES string of the molecule is COc1ccc(CN(Cc2cc3ccc(OC)cc3[nH]c2=O)C(=S)Nc2ccc(OC)cc2)cc1. The number of fused-ring (bicyclic) bond motifs is 1. The van der Waals surface area contributed by atoms with Crippen molar-refractivity contribution < 1.29 is 14.2 Å². The zero-order valence-corrected chi connectivity index (χ0v) is 20.6. The van der Waals surface area contributed by atoms with Crippen molar-refractivity contribution in [1.82, 2.24) is 9.88 Å². The van der Waals surface area contributed by atoms with E-state index in [4.69, 9.17) is 26.4 Å². The Labute approximate surface area is 209 Å². The number of benzene rings is 3. The molecule has 4 rings (SSSR count). The van der Waals surface area contributed by atoms with Crippen LogP contribution < -0.4 is 25.1 Å². The largest absolute Gasteiger partial charge is 0.497 e. The fourth-order valence-corrected chi connectivity index (χ4v) is 3.95. The molecule has 2 N–H and O–H groups in total. The number of aromatic amines is 1. The highest BCUT2D eigenvalue weighted by atomic mass is 32.1. The van der Waals surface area contributed by atoms with Crippen molar-refractivity contribution in [3.63, 3.8) is 0 Å². The molecule has 0 aliphatic rings. The molecule has 0 saturated heterocycles. The number of hydrogen-bond acceptors (Lipinski definition) is 5. The molecule has 3 aromatic carbocycles. The first-order valence-electron chi connectivity index (χ1n) is 11.0. The van der Waals surface area contributed by atoms with E-state index >= 15 is 0 Å². The Morgan fingerprint density at radius 2 is 1.43 bits per heavy atom. The Morgan fingerprint density at radius 1 is 0.829 bits per heavy atom. The van der Waals surface area contributed by atoms with Crippen LogP contribution in [0.1, 0.15) is 11.1 Å². The lowest BCUT2D eigenvalue weighted by atomic mass is 10.1. The molecule has 0 radical (unpaired) electrons. The number of methoxy groups -OCH3 is 3. The van der Waals surface area contributed by atoms with Crippen LogP contribution in [-0.4, -0.2) is 36.3 Å². The highest BCUT2D eigenvalue weighted by Crippen LogP contribution is 2.21. The molecule has 0 atom stereocenters. The van der Waals surface area contributed by atoms with Gasteiger partial charge in [0.2, 0.25) is 0 Å². The van der Waals surface area contributed by atoms with E-state index in [0.717, 1.165) is 33.7 Å². The lowest BCUT2D eigenvalue weighted by Gasteiger charge is -2.26. The molecular formula is C27H27N3O4S. The zero-order chi connectivity index (χ0) is 24.8. The van der Waals surface area contributed by atoms with Crippen LogP contribution in [0.4, 0.5) is 5.69 Å². The van der Waals surface area contributed by atoms with Gasteiger partial charge in [-0.1, -0.05) is 12.1 Å². The van der Waals surface area contributed by atoms with Crippen molar-refractivity contribution in [3.05, 3.63) is 94.3 Å². The van der Waals surface area contributed by atoms with E-state index in [1.165, 1.54) is 0 Å². The van der Waals surface area contributed by atoms with Crippen LogP contribution in [0, 0.1) is 0 Å². The first kappa shape index (κ1) is 24.1. The van der Waals surface area contributed by atoms with Gasteiger partial charge in [0.1, 0.15) is 17.2 Å². The number of nitrogens with one attached hydrogen (secondary N) is 2. The van der Waals surface area contributed by atoms with Crippen LogP contribution in [0.5, 0.6) is 17.2 Å². The van der Waals surface area contributed by atoms with Crippen LogP contribution in [0.2, 0.25) is 0 Å². The van der Waals surface area contributed by atoms with E-state index in [1.807, 2.05) is 77.7 Å². The summed E-state index contributed by atoms with van der Waals surface area (Å²) in [6.45, 7) is 0.831. The highest BCUT2D eigenvalue weighted by Gasteiger charge is 2.15. The Morgan fingerprint density at radius 3 is 2.06 bits per heavy atom. The maximum absolute atomic E-state index is 12.9. The predicted octanol–water partition coefficient (Wildman–Crippen LogP) is 4.95. The number of H-pyrrole nitrogens is 1. The summed E-state index contributed by atoms with van der Waals surface area (Å²) in [4.78, 5) is 17.9. The predicted molar refractivity (Wildman–Crippen MR) is 143 cm³/mol. The minimum Gasteiger partial charge on any atom is -0.497 e. The van der Waals surface area contributed by atoms with E-state index < -0.39 is 0 Å². The van der Waals surface area contributed by atoms with Gasteiger partial charge in [-0.2, -0.15) is 0 Å². The molecule has 8 heteroatoms. The van der Waals surface area contributed by atoms with Gasteiger partial charge < -0.3 is 29.4 Å². The number of aromatic nitrogens is 1. The quantitative estimate of drug-likeness (QED) is 0.339. The second-order valence-corrected chi connectivity index (χ2v) is 8.33. The first-order valence-corrected chi connectivity index (χ1v) is 11.4. The van der Waals surface area contributed by atoms with Crippen molar-refractivity contribution >= 4 is 33.9 Å². The van der Waals surface area contributed by atoms with Gasteiger partial charge in [-0.25, -0.2) is 0 Å². The summed E-state index contributed by atoms with van der Waals surface area (Å²) in [5.41, 5.74) is 3.02. The average Bonchev–Trinajstić information content (AvgIpc) is 2.89. The Balaban J connectivity index is 1.62. The summed E-state index contributed by atoms with van der Waals surface area (Å²) in [6, 6.07) is 22.8. The van der Waals surface area contributed by atoms with Crippen LogP contribution in [0.3, 0.4) is 0 Å². The summed E-state index contributed by atoms with van der Waals surface area (Å²) in [6.07, 6.45) is 0. The van der Waals surface area contributed by atoms with Gasteiger partial charge in [0, 0.05) is 23.9 Å². The van der Waals surface area contributed by atoms with Gasteiger partial charge in [0.25, 0.3) is 5.56 Å². The van der Waals surface area contributed by atoms with Gasteiger partial charge >= 0.3 is 0 Å². The van der Waals surface area contributed by atoms with E-state index in [1.54, 1.807) is 21.3 Å². The zero-order valence-electron chi connectivity index (χ0n) is 19.8. The molecule has 0 aliphatic carbocycles. The smallest absolute Gasteiger partial charge is 0.253 e. The molecule has 4 aromatic rings. The van der Waals surface area contributed by atoms with Crippen molar-refractivity contribution in [3.8, 4) is 17.2 Å². The Hall–Kier alpha value is -4.04. The number of nitrogens with zero attached hydrogens (tertiary/aromatic N) is 1. The minimum absolute atomic E-state index is 0.169. The molecular weight excluding hydrogens is 462 g/mol. The molecule has 0 unspecified atom stereocenters. The van der Waals surface area contributed by atoms with Gasteiger partial charge in [-0.05, 0) is 77.8 Å². The average molecular weight is 490 g/mol. The van der Waals surface area contributed by atoms with Crippen molar-refractivity contribution in [2.24, 2.45) is 0 Å². The summed E-state index contributed by atoms with van der Waals surface area (Å²) < 4.78 is 15.8. The lowest BCUT2D eigenvalue weighted by Crippen LogP contribution is -2.35. The summed E-state index contributed by atoms with van der Waals surface area (Å²) >= 11 is 5.77. The van der Waals surface area contributed by atoms with Crippen molar-refractivity contribution in [2.45, 2.75) is 13.1 Å². The number of pyridine rings is 1. The highest BCUT2D eigenvalue weighted by molar-refractivity contribution is 7.80. The fraction of sp³-hybridized carbons (Fsp3) is 0.185. The van der Waals surface area contributed by atoms with Gasteiger partial charge in [0.05, 0.1) is 33.4 Å². The number of hydrogen-bond donors (Lipinski definition) is 2. The molecule has 0 saturated carbocycles. The van der Waals surface area contributed by atoms with E-state index in [0.29, 0.717) is 29.5 Å². The maximum atomic E-state index is 12.9. The Kier molecular flexibility index (Phi) is 7.52. The molecule has 7 nitrogen and oxygen atoms in total. The molecule has 0 spiro atoms. The van der Waals surface area contributed by atoms with E-state index in [-0.39, 0.29) is 5.56 Å². The monoisotopic (exact) mass is 489 g/mol. The van der Waals surface area contributed by atoms with Gasteiger partial charge in [-0.3, -0.25) is 4.79 Å². The van der Waals surface area contributed by atoms with Crippen molar-refractivity contribution in [2.75, 3.05) is 26.6 Å². The topological polar surface area (TPSA) is 75.8 Å². The summed E-state index contributed by atoms with van der Waals surface area (Å²) in [7, 11) is 4.86. The third-order valence-corrected chi connectivity index (χ3v) is 6.01. The third kappa shape index (κ3) is 5.91. The Bertz CT molecular complexity index is 1370. The van der Waals surface area contributed by atoms with E-state index in [2.05, 4.69) is 10.3 Å². The standard InChI is InChI=1S/C27H27N3O4S/c1-32-22-9-4-18(5-10-22)16-30(27(35)28-21-7-12-23(33-2)13-8-21)17-20-14-19-6-11-24(34-3)15-25(19)29-26(20)31/h4-15H,16-17H2,1-3H3,(H,28,35)(H,29,31). The molecule has 0 fully saturated rings. The molecule has 180 valence electrons. The number of ether oxygens (including phenoxy) is 3. The normalized spacial score (nSPS) is 10.6. The molecule has 35 heavy (non-hydrogen) atoms. The molecule has 1 aromatic heterocycles. The van der Waals surface area contributed by atoms with Gasteiger partial charge in [0.15, 0.2) is 5.11 Å². The molecule has 1 heterocycles. The van der Waals surface area contributed by atoms with Crippen LogP contribution in [0.15, 0.2) is 77.6 Å². The third-order valence-electron chi connectivity index (χ3n) is 5.65. The summed E-state index contributed by atoms with van der Waals surface area (Å²) in [5.74, 6) is 2.23. The molecule has 0 aliphatic heterocycles. The number of thiocarbonyl (C=S) groups is 1. The first-order chi connectivity index (χ1) is 17.0. The maximum Gasteiger partial charge on any atom is 0.253 e. The number of anilines is 1. The lowest BCUT2D eigenvalue weighted by molar-refractivity contribution is 0.406. The summed E-state index contributed by atoms with van der Waals surface area (Å²) in [5, 5.41) is 4.69. The minimum atomic E-state index is -0.169. The fourth-order valence-electron chi connectivity index (χ4n) is 3.70.